The normalized spacial score (nSPS) is 14.6. The maximum atomic E-state index is 13.1. The van der Waals surface area contributed by atoms with Gasteiger partial charge < -0.3 is 9.80 Å². The lowest BCUT2D eigenvalue weighted by molar-refractivity contribution is 0.104. The van der Waals surface area contributed by atoms with E-state index in [0.717, 1.165) is 23.4 Å². The molecule has 1 aliphatic heterocycles. The monoisotopic (exact) mass is 366 g/mol. The number of carbonyl (C=O) groups is 1. The van der Waals surface area contributed by atoms with E-state index in [0.29, 0.717) is 0 Å². The highest BCUT2D eigenvalue weighted by molar-refractivity contribution is 7.02. The van der Waals surface area contributed by atoms with E-state index in [1.165, 1.54) is 28.9 Å². The van der Waals surface area contributed by atoms with Gasteiger partial charge >= 0.3 is 0 Å². The van der Waals surface area contributed by atoms with Gasteiger partial charge in [0.05, 0.1) is 0 Å². The Morgan fingerprint density at radius 1 is 0.885 bits per heavy atom. The van der Waals surface area contributed by atoms with Gasteiger partial charge in [-0.05, 0) is 53.2 Å². The van der Waals surface area contributed by atoms with Crippen molar-refractivity contribution < 1.29 is 4.79 Å². The first-order valence-corrected chi connectivity index (χ1v) is 12.5. The summed E-state index contributed by atoms with van der Waals surface area (Å²) in [5.41, 5.74) is 4.18. The molecule has 0 aromatic heterocycles. The van der Waals surface area contributed by atoms with Crippen molar-refractivity contribution in [2.75, 3.05) is 37.5 Å². The van der Waals surface area contributed by atoms with Crippen LogP contribution in [0.2, 0.25) is 13.1 Å². The lowest BCUT2D eigenvalue weighted by atomic mass is 10.0. The van der Waals surface area contributed by atoms with Crippen molar-refractivity contribution in [1.29, 1.82) is 0 Å². The third kappa shape index (κ3) is 3.07. The summed E-state index contributed by atoms with van der Waals surface area (Å²) < 4.78 is 0. The molecule has 0 spiro atoms. The van der Waals surface area contributed by atoms with Crippen molar-refractivity contribution in [1.82, 2.24) is 0 Å². The highest BCUT2D eigenvalue weighted by Gasteiger charge is 2.39. The number of benzene rings is 2. The molecule has 4 heteroatoms. The molecule has 0 N–H and O–H groups in total. The molecular formula is C22H30N2OSi. The van der Waals surface area contributed by atoms with Gasteiger partial charge in [-0.15, -0.1) is 0 Å². The second-order valence-electron chi connectivity index (χ2n) is 8.08. The molecule has 1 aliphatic rings. The number of hydrogen-bond donors (Lipinski definition) is 0. The standard InChI is InChI=1S/C22H30N2OSi/c1-7-8-13-24(4)17-10-12-19-21(15-17)26(5,6)20-14-16(23(2)3)9-11-18(20)22(19)25/h9-12,14-15H,7-8,13H2,1-6H3. The summed E-state index contributed by atoms with van der Waals surface area (Å²) >= 11 is 0. The Balaban J connectivity index is 2.10. The lowest BCUT2D eigenvalue weighted by Gasteiger charge is -2.34. The number of anilines is 2. The summed E-state index contributed by atoms with van der Waals surface area (Å²) in [6.45, 7) is 8.00. The van der Waals surface area contributed by atoms with Crippen LogP contribution >= 0.6 is 0 Å². The van der Waals surface area contributed by atoms with Gasteiger partial charge in [0.15, 0.2) is 5.78 Å². The number of hydrogen-bond acceptors (Lipinski definition) is 3. The SMILES string of the molecule is CCCCN(C)c1ccc2c(c1)[Si](C)(C)c1cc(N(C)C)ccc1C2=O. The van der Waals surface area contributed by atoms with E-state index in [1.807, 2.05) is 12.1 Å². The first-order chi connectivity index (χ1) is 12.3. The van der Waals surface area contributed by atoms with Gasteiger partial charge in [-0.1, -0.05) is 26.4 Å². The van der Waals surface area contributed by atoms with Crippen LogP contribution in [0.25, 0.3) is 0 Å². The zero-order valence-electron chi connectivity index (χ0n) is 16.9. The second kappa shape index (κ2) is 6.91. The van der Waals surface area contributed by atoms with Gasteiger partial charge in [-0.3, -0.25) is 4.79 Å². The summed E-state index contributed by atoms with van der Waals surface area (Å²) in [7, 11) is 4.32. The van der Waals surface area contributed by atoms with E-state index in [-0.39, 0.29) is 5.78 Å². The average Bonchev–Trinajstić information content (AvgIpc) is 2.63. The van der Waals surface area contributed by atoms with E-state index in [9.17, 15) is 4.79 Å². The predicted molar refractivity (Wildman–Crippen MR) is 116 cm³/mol. The number of fused-ring (bicyclic) bond motifs is 2. The fourth-order valence-corrected chi connectivity index (χ4v) is 6.87. The van der Waals surface area contributed by atoms with Crippen LogP contribution in [-0.2, 0) is 0 Å². The second-order valence-corrected chi connectivity index (χ2v) is 12.4. The number of rotatable bonds is 5. The lowest BCUT2D eigenvalue weighted by Crippen LogP contribution is -2.60. The minimum Gasteiger partial charge on any atom is -0.378 e. The third-order valence-electron chi connectivity index (χ3n) is 5.65. The molecule has 0 saturated carbocycles. The number of unbranched alkanes of at least 4 members (excludes halogenated alkanes) is 1. The van der Waals surface area contributed by atoms with Crippen molar-refractivity contribution >= 4 is 35.6 Å². The van der Waals surface area contributed by atoms with Gasteiger partial charge in [0.2, 0.25) is 0 Å². The summed E-state index contributed by atoms with van der Waals surface area (Å²) in [6, 6.07) is 12.7. The zero-order valence-corrected chi connectivity index (χ0v) is 17.9. The molecule has 0 amide bonds. The van der Waals surface area contributed by atoms with Crippen molar-refractivity contribution in [3.8, 4) is 0 Å². The van der Waals surface area contributed by atoms with Gasteiger partial charge in [-0.2, -0.15) is 0 Å². The van der Waals surface area contributed by atoms with Crippen LogP contribution in [0.5, 0.6) is 0 Å². The van der Waals surface area contributed by atoms with Crippen LogP contribution in [0, 0.1) is 0 Å². The molecule has 138 valence electrons. The topological polar surface area (TPSA) is 23.6 Å². The van der Waals surface area contributed by atoms with Crippen LogP contribution in [0.3, 0.4) is 0 Å². The maximum absolute atomic E-state index is 13.1. The van der Waals surface area contributed by atoms with E-state index in [2.05, 4.69) is 75.2 Å². The first-order valence-electron chi connectivity index (χ1n) is 9.49. The van der Waals surface area contributed by atoms with Gasteiger partial charge in [0, 0.05) is 50.2 Å². The average molecular weight is 367 g/mol. The van der Waals surface area contributed by atoms with Crippen LogP contribution in [-0.4, -0.2) is 41.5 Å². The largest absolute Gasteiger partial charge is 0.378 e. The molecule has 26 heavy (non-hydrogen) atoms. The quantitative estimate of drug-likeness (QED) is 0.758. The highest BCUT2D eigenvalue weighted by atomic mass is 28.3. The van der Waals surface area contributed by atoms with Crippen LogP contribution < -0.4 is 20.2 Å². The molecule has 2 aromatic rings. The Bertz CT molecular complexity index is 842. The Morgan fingerprint density at radius 2 is 1.42 bits per heavy atom. The highest BCUT2D eigenvalue weighted by Crippen LogP contribution is 2.25. The van der Waals surface area contributed by atoms with Crippen molar-refractivity contribution in [2.45, 2.75) is 32.9 Å². The van der Waals surface area contributed by atoms with Crippen molar-refractivity contribution in [3.05, 3.63) is 47.5 Å². The minimum atomic E-state index is -1.93. The molecule has 0 unspecified atom stereocenters. The molecule has 0 aliphatic carbocycles. The molecule has 0 radical (unpaired) electrons. The summed E-state index contributed by atoms with van der Waals surface area (Å²) in [5.74, 6) is 0.176. The molecule has 0 atom stereocenters. The molecule has 0 saturated heterocycles. The van der Waals surface area contributed by atoms with Crippen LogP contribution in [0.15, 0.2) is 36.4 Å². The van der Waals surface area contributed by atoms with Crippen molar-refractivity contribution in [2.24, 2.45) is 0 Å². The van der Waals surface area contributed by atoms with Gasteiger partial charge in [-0.25, -0.2) is 0 Å². The van der Waals surface area contributed by atoms with Gasteiger partial charge in [0.25, 0.3) is 0 Å². The third-order valence-corrected chi connectivity index (χ3v) is 9.17. The first kappa shape index (κ1) is 18.7. The Labute approximate surface area is 158 Å². The van der Waals surface area contributed by atoms with Crippen LogP contribution in [0.4, 0.5) is 11.4 Å². The van der Waals surface area contributed by atoms with E-state index in [4.69, 9.17) is 0 Å². The molecule has 1 heterocycles. The maximum Gasteiger partial charge on any atom is 0.192 e. The zero-order chi connectivity index (χ0) is 19.1. The molecule has 2 aromatic carbocycles. The number of ketones is 1. The van der Waals surface area contributed by atoms with Crippen LogP contribution in [0.1, 0.15) is 35.7 Å². The summed E-state index contributed by atoms with van der Waals surface area (Å²) in [6.07, 6.45) is 2.37. The number of nitrogens with zero attached hydrogens (tertiary/aromatic N) is 2. The predicted octanol–water partition coefficient (Wildman–Crippen LogP) is 3.36. The fraction of sp³-hybridized carbons (Fsp3) is 0.409. The molecule has 3 rings (SSSR count). The van der Waals surface area contributed by atoms with E-state index < -0.39 is 8.07 Å². The molecular weight excluding hydrogens is 336 g/mol. The van der Waals surface area contributed by atoms with E-state index in [1.54, 1.807) is 0 Å². The van der Waals surface area contributed by atoms with E-state index >= 15 is 0 Å². The minimum absolute atomic E-state index is 0.176. The summed E-state index contributed by atoms with van der Waals surface area (Å²) in [5, 5.41) is 2.53. The Kier molecular flexibility index (Phi) is 4.98. The number of carbonyl (C=O) groups excluding carboxylic acids is 1. The fourth-order valence-electron chi connectivity index (χ4n) is 3.82. The smallest absolute Gasteiger partial charge is 0.192 e. The van der Waals surface area contributed by atoms with Gasteiger partial charge in [0.1, 0.15) is 8.07 Å². The molecule has 0 bridgehead atoms. The Morgan fingerprint density at radius 3 is 1.96 bits per heavy atom. The molecule has 3 nitrogen and oxygen atoms in total. The molecule has 0 fully saturated rings. The Hall–Kier alpha value is -2.07. The summed E-state index contributed by atoms with van der Waals surface area (Å²) in [4.78, 5) is 17.5. The van der Waals surface area contributed by atoms with Crippen molar-refractivity contribution in [3.63, 3.8) is 0 Å².